The van der Waals surface area contributed by atoms with Crippen molar-refractivity contribution in [1.82, 2.24) is 0 Å². The summed E-state index contributed by atoms with van der Waals surface area (Å²) in [6, 6.07) is 12.4. The monoisotopic (exact) mass is 258 g/mol. The third-order valence-corrected chi connectivity index (χ3v) is 3.43. The van der Waals surface area contributed by atoms with E-state index in [2.05, 4.69) is 43.0 Å². The minimum atomic E-state index is 0.0850. The van der Waals surface area contributed by atoms with Crippen LogP contribution in [0.1, 0.15) is 37.6 Å². The van der Waals surface area contributed by atoms with Gasteiger partial charge in [-0.25, -0.2) is 0 Å². The fraction of sp³-hybridized carbons (Fsp3) is 0.375. The Morgan fingerprint density at radius 1 is 1.16 bits per heavy atom. The molecule has 3 heteroatoms. The van der Waals surface area contributed by atoms with Crippen LogP contribution in [0.15, 0.2) is 47.1 Å². The Kier molecular flexibility index (Phi) is 4.63. The van der Waals surface area contributed by atoms with Gasteiger partial charge in [0.15, 0.2) is 0 Å². The van der Waals surface area contributed by atoms with E-state index in [1.165, 1.54) is 11.3 Å². The maximum absolute atomic E-state index is 6.21. The fourth-order valence-electron chi connectivity index (χ4n) is 2.27. The van der Waals surface area contributed by atoms with Crippen LogP contribution in [0.5, 0.6) is 0 Å². The number of anilines is 1. The van der Waals surface area contributed by atoms with Crippen molar-refractivity contribution in [3.8, 4) is 0 Å². The van der Waals surface area contributed by atoms with Crippen molar-refractivity contribution < 1.29 is 4.42 Å². The van der Waals surface area contributed by atoms with E-state index in [1.807, 2.05) is 12.1 Å². The van der Waals surface area contributed by atoms with Gasteiger partial charge in [0.1, 0.15) is 5.76 Å². The van der Waals surface area contributed by atoms with Gasteiger partial charge in [0.2, 0.25) is 0 Å². The van der Waals surface area contributed by atoms with Gasteiger partial charge in [-0.05, 0) is 37.1 Å². The van der Waals surface area contributed by atoms with E-state index in [0.717, 1.165) is 25.3 Å². The van der Waals surface area contributed by atoms with E-state index < -0.39 is 0 Å². The minimum absolute atomic E-state index is 0.0850. The van der Waals surface area contributed by atoms with Crippen LogP contribution in [0.2, 0.25) is 0 Å². The van der Waals surface area contributed by atoms with Gasteiger partial charge in [-0.2, -0.15) is 0 Å². The van der Waals surface area contributed by atoms with Gasteiger partial charge < -0.3 is 15.1 Å². The smallest absolute Gasteiger partial charge is 0.123 e. The molecule has 3 nitrogen and oxygen atoms in total. The molecular weight excluding hydrogens is 236 g/mol. The summed E-state index contributed by atoms with van der Waals surface area (Å²) < 4.78 is 5.44. The molecule has 1 aromatic heterocycles. The predicted molar refractivity (Wildman–Crippen MR) is 79.1 cm³/mol. The van der Waals surface area contributed by atoms with Gasteiger partial charge in [-0.1, -0.05) is 25.1 Å². The summed E-state index contributed by atoms with van der Waals surface area (Å²) in [5.41, 5.74) is 8.62. The number of hydrogen-bond donors (Lipinski definition) is 1. The first-order valence-corrected chi connectivity index (χ1v) is 6.88. The van der Waals surface area contributed by atoms with Crippen molar-refractivity contribution in [3.05, 3.63) is 54.0 Å². The molecule has 2 aromatic rings. The summed E-state index contributed by atoms with van der Waals surface area (Å²) in [5, 5.41) is 0. The van der Waals surface area contributed by atoms with E-state index in [-0.39, 0.29) is 6.04 Å². The summed E-state index contributed by atoms with van der Waals surface area (Å²) in [6.45, 7) is 5.96. The summed E-state index contributed by atoms with van der Waals surface area (Å²) >= 11 is 0. The molecular formula is C16H22N2O. The molecule has 0 unspecified atom stereocenters. The highest BCUT2D eigenvalue weighted by molar-refractivity contribution is 5.55. The molecule has 0 saturated carbocycles. The maximum Gasteiger partial charge on any atom is 0.123 e. The molecule has 0 spiro atoms. The zero-order chi connectivity index (χ0) is 13.7. The number of nitrogens with zero attached hydrogens (tertiary/aromatic N) is 1. The highest BCUT2D eigenvalue weighted by atomic mass is 16.3. The highest BCUT2D eigenvalue weighted by Crippen LogP contribution is 2.27. The summed E-state index contributed by atoms with van der Waals surface area (Å²) in [7, 11) is 0. The van der Waals surface area contributed by atoms with Gasteiger partial charge in [-0.15, -0.1) is 0 Å². The number of nitrogens with two attached hydrogens (primary N) is 1. The summed E-state index contributed by atoms with van der Waals surface area (Å²) in [5.74, 6) is 0.974. The van der Waals surface area contributed by atoms with Gasteiger partial charge in [0, 0.05) is 18.3 Å². The Balaban J connectivity index is 2.27. The number of furan rings is 1. The lowest BCUT2D eigenvalue weighted by molar-refractivity contribution is 0.503. The Morgan fingerprint density at radius 3 is 2.58 bits per heavy atom. The molecule has 0 aliphatic carbocycles. The maximum atomic E-state index is 6.21. The average Bonchev–Trinajstić information content (AvgIpc) is 2.97. The van der Waals surface area contributed by atoms with E-state index in [4.69, 9.17) is 10.2 Å². The van der Waals surface area contributed by atoms with Crippen molar-refractivity contribution in [1.29, 1.82) is 0 Å². The van der Waals surface area contributed by atoms with E-state index in [1.54, 1.807) is 6.26 Å². The molecule has 0 fully saturated rings. The zero-order valence-electron chi connectivity index (χ0n) is 11.7. The molecule has 1 heterocycles. The van der Waals surface area contributed by atoms with Crippen molar-refractivity contribution in [2.24, 2.45) is 5.73 Å². The summed E-state index contributed by atoms with van der Waals surface area (Å²) in [4.78, 5) is 2.30. The minimum Gasteiger partial charge on any atom is -0.467 e. The molecule has 0 amide bonds. The van der Waals surface area contributed by atoms with Crippen LogP contribution in [-0.2, 0) is 6.54 Å². The molecule has 2 N–H and O–H groups in total. The van der Waals surface area contributed by atoms with Crippen LogP contribution in [-0.4, -0.2) is 6.54 Å². The van der Waals surface area contributed by atoms with Gasteiger partial charge in [0.25, 0.3) is 0 Å². The highest BCUT2D eigenvalue weighted by Gasteiger charge is 2.14. The molecule has 0 bridgehead atoms. The average molecular weight is 258 g/mol. The van der Waals surface area contributed by atoms with E-state index in [9.17, 15) is 0 Å². The first-order chi connectivity index (χ1) is 9.26. The zero-order valence-corrected chi connectivity index (χ0v) is 11.7. The van der Waals surface area contributed by atoms with Gasteiger partial charge in [-0.3, -0.25) is 0 Å². The van der Waals surface area contributed by atoms with Crippen LogP contribution in [0.4, 0.5) is 5.69 Å². The van der Waals surface area contributed by atoms with Crippen LogP contribution in [0.25, 0.3) is 0 Å². The third kappa shape index (κ3) is 3.18. The largest absolute Gasteiger partial charge is 0.467 e. The summed E-state index contributed by atoms with van der Waals surface area (Å²) in [6.07, 6.45) is 2.65. The molecule has 1 aromatic carbocycles. The lowest BCUT2D eigenvalue weighted by Gasteiger charge is -2.26. The Morgan fingerprint density at radius 2 is 1.95 bits per heavy atom. The van der Waals surface area contributed by atoms with Crippen LogP contribution in [0.3, 0.4) is 0 Å². The lowest BCUT2D eigenvalue weighted by Crippen LogP contribution is -2.24. The Bertz CT molecular complexity index is 493. The number of para-hydroxylation sites is 1. The Labute approximate surface area is 115 Å². The number of benzene rings is 1. The van der Waals surface area contributed by atoms with Crippen LogP contribution >= 0.6 is 0 Å². The molecule has 0 radical (unpaired) electrons. The molecule has 2 rings (SSSR count). The molecule has 19 heavy (non-hydrogen) atoms. The van der Waals surface area contributed by atoms with Crippen LogP contribution in [0, 0.1) is 0 Å². The SMILES string of the molecule is CC[C@@H](N)c1ccccc1N(CC)Cc1ccco1. The standard InChI is InChI=1S/C16H22N2O/c1-3-15(17)14-9-5-6-10-16(14)18(4-2)12-13-8-7-11-19-13/h5-11,15H,3-4,12,17H2,1-2H3/t15-/m1/s1. The first kappa shape index (κ1) is 13.7. The first-order valence-electron chi connectivity index (χ1n) is 6.88. The van der Waals surface area contributed by atoms with Crippen LogP contribution < -0.4 is 10.6 Å². The Hall–Kier alpha value is -1.74. The van der Waals surface area contributed by atoms with Crippen molar-refractivity contribution in [2.75, 3.05) is 11.4 Å². The predicted octanol–water partition coefficient (Wildman–Crippen LogP) is 3.72. The van der Waals surface area contributed by atoms with Gasteiger partial charge >= 0.3 is 0 Å². The second-order valence-electron chi connectivity index (χ2n) is 4.67. The number of hydrogen-bond acceptors (Lipinski definition) is 3. The quantitative estimate of drug-likeness (QED) is 0.858. The van der Waals surface area contributed by atoms with Crippen molar-refractivity contribution >= 4 is 5.69 Å². The molecule has 102 valence electrons. The second-order valence-corrected chi connectivity index (χ2v) is 4.67. The van der Waals surface area contributed by atoms with Crippen molar-refractivity contribution in [2.45, 2.75) is 32.9 Å². The van der Waals surface area contributed by atoms with E-state index >= 15 is 0 Å². The molecule has 0 aliphatic heterocycles. The van der Waals surface area contributed by atoms with Crippen molar-refractivity contribution in [3.63, 3.8) is 0 Å². The molecule has 0 aliphatic rings. The fourth-order valence-corrected chi connectivity index (χ4v) is 2.27. The lowest BCUT2D eigenvalue weighted by atomic mass is 10.0. The van der Waals surface area contributed by atoms with Gasteiger partial charge in [0.05, 0.1) is 12.8 Å². The number of rotatable bonds is 6. The molecule has 0 saturated heterocycles. The topological polar surface area (TPSA) is 42.4 Å². The second kappa shape index (κ2) is 6.43. The van der Waals surface area contributed by atoms with E-state index in [0.29, 0.717) is 0 Å². The third-order valence-electron chi connectivity index (χ3n) is 3.43. The normalized spacial score (nSPS) is 12.4. The molecule has 1 atom stereocenters.